The van der Waals surface area contributed by atoms with Crippen molar-refractivity contribution in [1.82, 2.24) is 10.2 Å². The molecule has 0 aliphatic carbocycles. The lowest BCUT2D eigenvalue weighted by Crippen LogP contribution is -2.28. The summed E-state index contributed by atoms with van der Waals surface area (Å²) in [5.74, 6) is -1.77. The molecule has 5 nitrogen and oxygen atoms in total. The Morgan fingerprint density at radius 2 is 2.24 bits per heavy atom. The number of carbonyl (C=O) groups is 1. The zero-order valence-corrected chi connectivity index (χ0v) is 13.8. The van der Waals surface area contributed by atoms with Crippen LogP contribution in [0.15, 0.2) is 22.7 Å². The smallest absolute Gasteiger partial charge is 0.308 e. The number of carboxylic acid groups (broad SMARTS) is 1. The molecule has 2 rings (SSSR count). The normalized spacial score (nSPS) is 12.2. The summed E-state index contributed by atoms with van der Waals surface area (Å²) in [6.45, 7) is 1.93. The van der Waals surface area contributed by atoms with Crippen molar-refractivity contribution in [3.63, 3.8) is 0 Å². The van der Waals surface area contributed by atoms with Gasteiger partial charge in [0.2, 0.25) is 5.13 Å². The van der Waals surface area contributed by atoms with Crippen molar-refractivity contribution in [2.24, 2.45) is 5.92 Å². The van der Waals surface area contributed by atoms with Gasteiger partial charge < -0.3 is 10.0 Å². The lowest BCUT2D eigenvalue weighted by molar-refractivity contribution is -0.140. The second-order valence-corrected chi connectivity index (χ2v) is 6.51. The summed E-state index contributed by atoms with van der Waals surface area (Å²) in [5.41, 5.74) is 0.368. The lowest BCUT2D eigenvalue weighted by atomic mass is 10.2. The van der Waals surface area contributed by atoms with Crippen LogP contribution in [0.2, 0.25) is 0 Å². The van der Waals surface area contributed by atoms with Gasteiger partial charge in [0.15, 0.2) is 5.01 Å². The molecule has 0 spiro atoms. The second-order valence-electron chi connectivity index (χ2n) is 4.63. The van der Waals surface area contributed by atoms with Gasteiger partial charge in [0.1, 0.15) is 5.82 Å². The molecule has 2 aromatic rings. The van der Waals surface area contributed by atoms with Gasteiger partial charge in [-0.1, -0.05) is 34.2 Å². The Hall–Kier alpha value is -1.54. The second kappa shape index (κ2) is 6.48. The first kappa shape index (κ1) is 15.8. The molecular formula is C13H13BrFN3O2S. The first-order valence-corrected chi connectivity index (χ1v) is 7.72. The number of aliphatic carboxylic acids is 1. The minimum Gasteiger partial charge on any atom is -0.481 e. The van der Waals surface area contributed by atoms with Crippen LogP contribution in [-0.4, -0.2) is 34.9 Å². The van der Waals surface area contributed by atoms with Gasteiger partial charge in [0.25, 0.3) is 0 Å². The van der Waals surface area contributed by atoms with Gasteiger partial charge in [-0.2, -0.15) is 0 Å². The summed E-state index contributed by atoms with van der Waals surface area (Å²) in [5, 5.41) is 17.9. The van der Waals surface area contributed by atoms with E-state index in [1.165, 1.54) is 17.4 Å². The first-order valence-electron chi connectivity index (χ1n) is 6.11. The molecule has 8 heteroatoms. The van der Waals surface area contributed by atoms with E-state index in [0.717, 1.165) is 4.47 Å². The third-order valence-corrected chi connectivity index (χ3v) is 4.43. The Bertz CT molecular complexity index is 665. The molecule has 1 heterocycles. The van der Waals surface area contributed by atoms with E-state index in [9.17, 15) is 9.18 Å². The van der Waals surface area contributed by atoms with Crippen LogP contribution in [0.3, 0.4) is 0 Å². The molecule has 0 saturated heterocycles. The van der Waals surface area contributed by atoms with Gasteiger partial charge in [-0.15, -0.1) is 10.2 Å². The Labute approximate surface area is 133 Å². The van der Waals surface area contributed by atoms with Crippen molar-refractivity contribution in [2.75, 3.05) is 18.5 Å². The van der Waals surface area contributed by atoms with Crippen LogP contribution < -0.4 is 4.90 Å². The molecular weight excluding hydrogens is 361 g/mol. The minimum atomic E-state index is -0.871. The molecule has 0 bridgehead atoms. The Morgan fingerprint density at radius 3 is 2.90 bits per heavy atom. The van der Waals surface area contributed by atoms with Gasteiger partial charge >= 0.3 is 5.97 Å². The summed E-state index contributed by atoms with van der Waals surface area (Å²) >= 11 is 4.51. The van der Waals surface area contributed by atoms with Crippen LogP contribution in [-0.2, 0) is 4.79 Å². The van der Waals surface area contributed by atoms with Gasteiger partial charge in [0.05, 0.1) is 5.92 Å². The monoisotopic (exact) mass is 373 g/mol. The van der Waals surface area contributed by atoms with Crippen molar-refractivity contribution >= 4 is 38.4 Å². The standard InChI is InChI=1S/C13H13BrFN3O2S/c1-7(12(19)20)6-18(2)13-17-16-11(21-13)9-5-8(14)3-4-10(9)15/h3-5,7H,6H2,1-2H3,(H,19,20). The van der Waals surface area contributed by atoms with E-state index in [0.29, 0.717) is 22.2 Å². The number of carboxylic acids is 1. The molecule has 0 fully saturated rings. The van der Waals surface area contributed by atoms with Crippen LogP contribution in [0, 0.1) is 11.7 Å². The number of rotatable bonds is 5. The first-order chi connectivity index (χ1) is 9.88. The summed E-state index contributed by atoms with van der Waals surface area (Å²) in [4.78, 5) is 12.6. The number of nitrogens with zero attached hydrogens (tertiary/aromatic N) is 3. The molecule has 1 atom stereocenters. The van der Waals surface area contributed by atoms with E-state index in [1.807, 2.05) is 0 Å². The molecule has 1 aromatic carbocycles. The summed E-state index contributed by atoms with van der Waals surface area (Å²) in [6, 6.07) is 4.61. The Morgan fingerprint density at radius 1 is 1.52 bits per heavy atom. The van der Waals surface area contributed by atoms with E-state index in [2.05, 4.69) is 26.1 Å². The van der Waals surface area contributed by atoms with E-state index in [-0.39, 0.29) is 5.82 Å². The summed E-state index contributed by atoms with van der Waals surface area (Å²) < 4.78 is 14.6. The van der Waals surface area contributed by atoms with E-state index in [4.69, 9.17) is 5.11 Å². The predicted molar refractivity (Wildman–Crippen MR) is 83.1 cm³/mol. The quantitative estimate of drug-likeness (QED) is 0.870. The molecule has 0 saturated carbocycles. The number of anilines is 1. The minimum absolute atomic E-state index is 0.310. The molecule has 1 aromatic heterocycles. The number of aromatic nitrogens is 2. The van der Waals surface area contributed by atoms with Crippen LogP contribution in [0.4, 0.5) is 9.52 Å². The number of hydrogen-bond donors (Lipinski definition) is 1. The van der Waals surface area contributed by atoms with Gasteiger partial charge in [-0.05, 0) is 18.2 Å². The zero-order valence-electron chi connectivity index (χ0n) is 11.4. The molecule has 1 unspecified atom stereocenters. The molecule has 0 aliphatic heterocycles. The predicted octanol–water partition coefficient (Wildman–Crippen LogP) is 3.26. The fourth-order valence-corrected chi connectivity index (χ4v) is 2.90. The summed E-state index contributed by atoms with van der Waals surface area (Å²) in [7, 11) is 1.74. The van der Waals surface area contributed by atoms with Crippen LogP contribution in [0.1, 0.15) is 6.92 Å². The largest absolute Gasteiger partial charge is 0.481 e. The highest BCUT2D eigenvalue weighted by Crippen LogP contribution is 2.31. The van der Waals surface area contributed by atoms with Gasteiger partial charge in [-0.3, -0.25) is 4.79 Å². The van der Waals surface area contributed by atoms with Crippen molar-refractivity contribution in [3.8, 4) is 10.6 Å². The molecule has 21 heavy (non-hydrogen) atoms. The molecule has 0 amide bonds. The Balaban J connectivity index is 2.21. The third-order valence-electron chi connectivity index (χ3n) is 2.87. The highest BCUT2D eigenvalue weighted by atomic mass is 79.9. The Kier molecular flexibility index (Phi) is 4.89. The van der Waals surface area contributed by atoms with Crippen molar-refractivity contribution in [3.05, 3.63) is 28.5 Å². The maximum absolute atomic E-state index is 13.8. The van der Waals surface area contributed by atoms with E-state index in [1.54, 1.807) is 31.0 Å². The number of benzene rings is 1. The highest BCUT2D eigenvalue weighted by molar-refractivity contribution is 9.10. The van der Waals surface area contributed by atoms with Crippen molar-refractivity contribution in [1.29, 1.82) is 0 Å². The SMILES string of the molecule is CC(CN(C)c1nnc(-c2cc(Br)ccc2F)s1)C(=O)O. The van der Waals surface area contributed by atoms with Crippen LogP contribution >= 0.6 is 27.3 Å². The number of hydrogen-bond acceptors (Lipinski definition) is 5. The van der Waals surface area contributed by atoms with E-state index < -0.39 is 11.9 Å². The fourth-order valence-electron chi connectivity index (χ4n) is 1.71. The average Bonchev–Trinajstić information content (AvgIpc) is 2.91. The zero-order chi connectivity index (χ0) is 15.6. The van der Waals surface area contributed by atoms with E-state index >= 15 is 0 Å². The van der Waals surface area contributed by atoms with Crippen molar-refractivity contribution in [2.45, 2.75) is 6.92 Å². The fraction of sp³-hybridized carbons (Fsp3) is 0.308. The van der Waals surface area contributed by atoms with Crippen LogP contribution in [0.5, 0.6) is 0 Å². The molecule has 1 N–H and O–H groups in total. The maximum Gasteiger partial charge on any atom is 0.308 e. The topological polar surface area (TPSA) is 66.3 Å². The van der Waals surface area contributed by atoms with Crippen LogP contribution in [0.25, 0.3) is 10.6 Å². The average molecular weight is 374 g/mol. The highest BCUT2D eigenvalue weighted by Gasteiger charge is 2.18. The van der Waals surface area contributed by atoms with Gasteiger partial charge in [-0.25, -0.2) is 4.39 Å². The molecule has 0 aliphatic rings. The molecule has 112 valence electrons. The van der Waals surface area contributed by atoms with Gasteiger partial charge in [0, 0.05) is 23.6 Å². The third kappa shape index (κ3) is 3.76. The lowest BCUT2D eigenvalue weighted by Gasteiger charge is -2.17. The summed E-state index contributed by atoms with van der Waals surface area (Å²) in [6.07, 6.45) is 0. The maximum atomic E-state index is 13.8. The molecule has 0 radical (unpaired) electrons. The van der Waals surface area contributed by atoms with Crippen molar-refractivity contribution < 1.29 is 14.3 Å². The number of halogens is 2.